The van der Waals surface area contributed by atoms with Crippen molar-refractivity contribution in [2.24, 2.45) is 0 Å². The van der Waals surface area contributed by atoms with Crippen LogP contribution in [0.3, 0.4) is 0 Å². The number of nitrogens with one attached hydrogen (secondary N) is 1. The topological polar surface area (TPSA) is 86.1 Å². The molecule has 1 N–H and O–H groups in total. The number of nitrogens with zero attached hydrogens (tertiary/aromatic N) is 2. The van der Waals surface area contributed by atoms with Gasteiger partial charge < -0.3 is 28.8 Å². The zero-order valence-electron chi connectivity index (χ0n) is 26.1. The number of benzene rings is 3. The summed E-state index contributed by atoms with van der Waals surface area (Å²) in [6, 6.07) is 21.8. The van der Waals surface area contributed by atoms with Crippen molar-refractivity contribution in [2.75, 3.05) is 26.2 Å². The van der Waals surface area contributed by atoms with Gasteiger partial charge in [0.2, 0.25) is 5.89 Å². The van der Waals surface area contributed by atoms with Gasteiger partial charge in [-0.1, -0.05) is 32.9 Å². The number of carbonyl (C=O) groups is 1. The third-order valence-electron chi connectivity index (χ3n) is 7.30. The number of hydrogen-bond donors (Lipinski definition) is 1. The molecule has 0 unspecified atom stereocenters. The first-order valence-electron chi connectivity index (χ1n) is 15.1. The Kier molecular flexibility index (Phi) is 8.97. The largest absolute Gasteiger partial charge is 0.494 e. The minimum atomic E-state index is -0.486. The van der Waals surface area contributed by atoms with E-state index in [-0.39, 0.29) is 17.6 Å². The molecular formula is C35H43N3O5. The van der Waals surface area contributed by atoms with Crippen LogP contribution >= 0.6 is 0 Å². The van der Waals surface area contributed by atoms with E-state index in [0.717, 1.165) is 55.1 Å². The quantitative estimate of drug-likeness (QED) is 0.200. The molecule has 1 atom stereocenters. The van der Waals surface area contributed by atoms with Gasteiger partial charge in [-0.15, -0.1) is 0 Å². The molecule has 0 bridgehead atoms. The highest BCUT2D eigenvalue weighted by atomic mass is 16.6. The molecule has 1 aromatic heterocycles. The molecule has 3 aromatic carbocycles. The molecule has 228 valence electrons. The normalized spacial score (nSPS) is 15.9. The third-order valence-corrected chi connectivity index (χ3v) is 7.30. The van der Waals surface area contributed by atoms with Gasteiger partial charge in [0.1, 0.15) is 28.4 Å². The molecule has 1 fully saturated rings. The number of carbonyl (C=O) groups excluding carboxylic acids is 1. The summed E-state index contributed by atoms with van der Waals surface area (Å²) >= 11 is 0. The summed E-state index contributed by atoms with van der Waals surface area (Å²) in [6.45, 7) is 15.5. The van der Waals surface area contributed by atoms with Crippen molar-refractivity contribution in [1.29, 1.82) is 0 Å². The Bertz CT molecular complexity index is 1510. The molecule has 0 spiro atoms. The van der Waals surface area contributed by atoms with Gasteiger partial charge in [0.15, 0.2) is 5.58 Å². The fourth-order valence-electron chi connectivity index (χ4n) is 5.05. The molecule has 2 heterocycles. The highest BCUT2D eigenvalue weighted by molar-refractivity contribution is 5.78. The molecule has 8 nitrogen and oxygen atoms in total. The van der Waals surface area contributed by atoms with E-state index in [9.17, 15) is 4.79 Å². The molecule has 0 saturated carbocycles. The second-order valence-electron chi connectivity index (χ2n) is 13.2. The van der Waals surface area contributed by atoms with Crippen LogP contribution in [0.5, 0.6) is 17.2 Å². The van der Waals surface area contributed by atoms with Crippen molar-refractivity contribution < 1.29 is 23.4 Å². The number of fused-ring (bicyclic) bond motifs is 1. The SMILES string of the molecule is CC(C)(C)OC(=O)N[C@@H]1CCN(CCCOc2ccc(-c3nc4ccc(Oc5ccc(C(C)(C)C)cc5)cc4o3)cc2)C1. The maximum atomic E-state index is 12.0. The Hall–Kier alpha value is -4.04. The Labute approximate surface area is 254 Å². The summed E-state index contributed by atoms with van der Waals surface area (Å²) in [5.74, 6) is 2.84. The van der Waals surface area contributed by atoms with Gasteiger partial charge in [-0.2, -0.15) is 0 Å². The van der Waals surface area contributed by atoms with Crippen LogP contribution in [0.25, 0.3) is 22.6 Å². The van der Waals surface area contributed by atoms with Crippen LogP contribution in [-0.2, 0) is 10.2 Å². The summed E-state index contributed by atoms with van der Waals surface area (Å²) in [4.78, 5) is 19.0. The van der Waals surface area contributed by atoms with Crippen molar-refractivity contribution in [3.8, 4) is 28.7 Å². The molecule has 0 aliphatic carbocycles. The highest BCUT2D eigenvalue weighted by Crippen LogP contribution is 2.31. The van der Waals surface area contributed by atoms with Gasteiger partial charge in [0.25, 0.3) is 0 Å². The number of likely N-dealkylation sites (tertiary alicyclic amines) is 1. The standard InChI is InChI=1S/C35H43N3O5/c1-34(2,3)25-10-14-28(15-11-25)41-29-16-17-30-31(22-29)42-32(37-30)24-8-12-27(13-9-24)40-21-7-19-38-20-18-26(23-38)36-33(39)43-35(4,5)6/h8-17,22,26H,7,18-21,23H2,1-6H3,(H,36,39)/t26-/m1/s1. The molecular weight excluding hydrogens is 542 g/mol. The third kappa shape index (κ3) is 8.51. The average molecular weight is 586 g/mol. The van der Waals surface area contributed by atoms with Gasteiger partial charge in [0, 0.05) is 37.3 Å². The van der Waals surface area contributed by atoms with E-state index in [0.29, 0.717) is 23.8 Å². The van der Waals surface area contributed by atoms with Crippen molar-refractivity contribution in [2.45, 2.75) is 71.4 Å². The van der Waals surface area contributed by atoms with E-state index in [1.54, 1.807) is 0 Å². The zero-order chi connectivity index (χ0) is 30.6. The van der Waals surface area contributed by atoms with E-state index in [4.69, 9.17) is 18.6 Å². The molecule has 0 radical (unpaired) electrons. The number of aromatic nitrogens is 1. The number of alkyl carbamates (subject to hydrolysis) is 1. The van der Waals surface area contributed by atoms with Gasteiger partial charge in [-0.05, 0) is 93.1 Å². The molecule has 43 heavy (non-hydrogen) atoms. The average Bonchev–Trinajstić information content (AvgIpc) is 3.56. The highest BCUT2D eigenvalue weighted by Gasteiger charge is 2.25. The lowest BCUT2D eigenvalue weighted by atomic mass is 9.87. The predicted molar refractivity (Wildman–Crippen MR) is 169 cm³/mol. The smallest absolute Gasteiger partial charge is 0.407 e. The molecule has 1 amide bonds. The molecule has 1 aliphatic heterocycles. The molecule has 4 aromatic rings. The fraction of sp³-hybridized carbons (Fsp3) is 0.429. The van der Waals surface area contributed by atoms with Gasteiger partial charge >= 0.3 is 6.09 Å². The van der Waals surface area contributed by atoms with Crippen molar-refractivity contribution in [1.82, 2.24) is 15.2 Å². The molecule has 5 rings (SSSR count). The molecule has 1 saturated heterocycles. The number of hydrogen-bond acceptors (Lipinski definition) is 7. The second kappa shape index (κ2) is 12.7. The van der Waals surface area contributed by atoms with Crippen LogP contribution in [0.4, 0.5) is 4.79 Å². The van der Waals surface area contributed by atoms with Crippen LogP contribution in [0.15, 0.2) is 71.1 Å². The maximum Gasteiger partial charge on any atom is 0.407 e. The number of rotatable bonds is 9. The van der Waals surface area contributed by atoms with Gasteiger partial charge in [-0.25, -0.2) is 9.78 Å². The molecule has 8 heteroatoms. The number of ether oxygens (including phenoxy) is 3. The maximum absolute atomic E-state index is 12.0. The summed E-state index contributed by atoms with van der Waals surface area (Å²) in [5, 5.41) is 2.97. The lowest BCUT2D eigenvalue weighted by Crippen LogP contribution is -2.40. The van der Waals surface area contributed by atoms with Crippen LogP contribution in [0, 0.1) is 0 Å². The first-order chi connectivity index (χ1) is 20.4. The molecule has 1 aliphatic rings. The first kappa shape index (κ1) is 30.4. The van der Waals surface area contributed by atoms with Crippen molar-refractivity contribution in [3.63, 3.8) is 0 Å². The van der Waals surface area contributed by atoms with E-state index >= 15 is 0 Å². The summed E-state index contributed by atoms with van der Waals surface area (Å²) in [7, 11) is 0. The lowest BCUT2D eigenvalue weighted by Gasteiger charge is -2.22. The number of amides is 1. The minimum absolute atomic E-state index is 0.0978. The monoisotopic (exact) mass is 585 g/mol. The zero-order valence-corrected chi connectivity index (χ0v) is 26.1. The van der Waals surface area contributed by atoms with E-state index in [1.807, 2.05) is 75.4 Å². The Morgan fingerprint density at radius 2 is 1.65 bits per heavy atom. The lowest BCUT2D eigenvalue weighted by molar-refractivity contribution is 0.0505. The van der Waals surface area contributed by atoms with Crippen LogP contribution in [0.1, 0.15) is 59.9 Å². The number of oxazole rings is 1. The van der Waals surface area contributed by atoms with Crippen LogP contribution < -0.4 is 14.8 Å². The van der Waals surface area contributed by atoms with E-state index in [1.165, 1.54) is 5.56 Å². The Morgan fingerprint density at radius 1 is 0.953 bits per heavy atom. The van der Waals surface area contributed by atoms with Gasteiger partial charge in [-0.3, -0.25) is 0 Å². The van der Waals surface area contributed by atoms with E-state index < -0.39 is 5.60 Å². The first-order valence-corrected chi connectivity index (χ1v) is 15.1. The van der Waals surface area contributed by atoms with Crippen LogP contribution in [0.2, 0.25) is 0 Å². The predicted octanol–water partition coefficient (Wildman–Crippen LogP) is 7.95. The van der Waals surface area contributed by atoms with E-state index in [2.05, 4.69) is 48.1 Å². The van der Waals surface area contributed by atoms with Gasteiger partial charge in [0.05, 0.1) is 6.61 Å². The summed E-state index contributed by atoms with van der Waals surface area (Å²) in [6.07, 6.45) is 1.48. The second-order valence-corrected chi connectivity index (χ2v) is 13.2. The summed E-state index contributed by atoms with van der Waals surface area (Å²) in [5.41, 5.74) is 3.20. The summed E-state index contributed by atoms with van der Waals surface area (Å²) < 4.78 is 23.5. The van der Waals surface area contributed by atoms with Crippen molar-refractivity contribution in [3.05, 3.63) is 72.3 Å². The Balaban J connectivity index is 1.08. The minimum Gasteiger partial charge on any atom is -0.494 e. The van der Waals surface area contributed by atoms with Crippen LogP contribution in [-0.4, -0.2) is 53.9 Å². The Morgan fingerprint density at radius 3 is 2.35 bits per heavy atom. The fourth-order valence-corrected chi connectivity index (χ4v) is 5.05. The van der Waals surface area contributed by atoms with Crippen molar-refractivity contribution >= 4 is 17.2 Å².